The predicted octanol–water partition coefficient (Wildman–Crippen LogP) is 11.5. The Morgan fingerprint density at radius 3 is 1.63 bits per heavy atom. The van der Waals surface area contributed by atoms with E-state index in [-0.39, 0.29) is 31.8 Å². The van der Waals surface area contributed by atoms with Crippen molar-refractivity contribution in [3.8, 4) is 0 Å². The molecule has 0 fully saturated rings. The molecule has 0 amide bonds. The molecule has 57 heavy (non-hydrogen) atoms. The van der Waals surface area contributed by atoms with Crippen LogP contribution in [0.4, 0.5) is 0 Å². The summed E-state index contributed by atoms with van der Waals surface area (Å²) in [4.78, 5) is 49.6. The smallest absolute Gasteiger partial charge is 0.306 e. The van der Waals surface area contributed by atoms with E-state index in [9.17, 15) is 23.8 Å². The molecule has 0 aliphatic carbocycles. The van der Waals surface area contributed by atoms with Crippen molar-refractivity contribution in [1.29, 1.82) is 0 Å². The van der Waals surface area contributed by atoms with Crippen molar-refractivity contribution in [2.45, 2.75) is 193 Å². The highest BCUT2D eigenvalue weighted by Gasteiger charge is 2.21. The van der Waals surface area contributed by atoms with Crippen LogP contribution in [0.3, 0.4) is 0 Å². The van der Waals surface area contributed by atoms with Crippen molar-refractivity contribution in [2.75, 3.05) is 47.5 Å². The highest BCUT2D eigenvalue weighted by molar-refractivity contribution is 7.45. The molecule has 332 valence electrons. The Bertz CT molecular complexity index is 1130. The maximum absolute atomic E-state index is 12.7. The predicted molar refractivity (Wildman–Crippen MR) is 232 cm³/mol. The number of nitrogens with zero attached hydrogens (tertiary/aromatic N) is 1. The quantitative estimate of drug-likeness (QED) is 0.0112. The minimum atomic E-state index is -4.65. The number of esters is 2. The number of likely N-dealkylation sites (N-methyl/N-ethyl adjacent to an activating group) is 1. The third kappa shape index (κ3) is 41.8. The molecule has 11 heteroatoms. The molecular formula is C46H84NO9P. The van der Waals surface area contributed by atoms with Crippen LogP contribution < -0.4 is 4.89 Å². The molecule has 0 N–H and O–H groups in total. The van der Waals surface area contributed by atoms with Crippen LogP contribution in [0.1, 0.15) is 187 Å². The van der Waals surface area contributed by atoms with Gasteiger partial charge in [-0.2, -0.15) is 0 Å². The zero-order valence-electron chi connectivity index (χ0n) is 37.0. The monoisotopic (exact) mass is 826 g/mol. The maximum atomic E-state index is 12.7. The first-order valence-corrected chi connectivity index (χ1v) is 24.1. The van der Waals surface area contributed by atoms with Gasteiger partial charge in [0.15, 0.2) is 11.9 Å². The first-order valence-electron chi connectivity index (χ1n) is 22.6. The van der Waals surface area contributed by atoms with E-state index in [4.69, 9.17) is 18.5 Å². The van der Waals surface area contributed by atoms with Gasteiger partial charge in [-0.1, -0.05) is 141 Å². The number of ether oxygens (including phenoxy) is 2. The van der Waals surface area contributed by atoms with Crippen LogP contribution in [0.15, 0.2) is 36.5 Å². The van der Waals surface area contributed by atoms with E-state index < -0.39 is 32.5 Å². The molecule has 0 spiro atoms. The fourth-order valence-corrected chi connectivity index (χ4v) is 6.71. The number of carbonyl (C=O) groups excluding carboxylic acids is 3. The van der Waals surface area contributed by atoms with Gasteiger partial charge < -0.3 is 27.9 Å². The lowest BCUT2D eigenvalue weighted by Crippen LogP contribution is -2.37. The fourth-order valence-electron chi connectivity index (χ4n) is 5.98. The van der Waals surface area contributed by atoms with Crippen LogP contribution in [-0.4, -0.2) is 75.8 Å². The first-order chi connectivity index (χ1) is 27.4. The molecule has 10 nitrogen and oxygen atoms in total. The second-order valence-corrected chi connectivity index (χ2v) is 17.9. The molecule has 0 aromatic heterocycles. The zero-order valence-corrected chi connectivity index (χ0v) is 37.9. The van der Waals surface area contributed by atoms with Crippen molar-refractivity contribution >= 4 is 25.5 Å². The van der Waals surface area contributed by atoms with Gasteiger partial charge in [-0.05, 0) is 63.9 Å². The summed E-state index contributed by atoms with van der Waals surface area (Å²) in [5.74, 6) is -0.807. The van der Waals surface area contributed by atoms with E-state index in [1.54, 1.807) is 6.08 Å². The molecule has 0 aromatic carbocycles. The number of carbonyl (C=O) groups is 3. The summed E-state index contributed by atoms with van der Waals surface area (Å²) in [6, 6.07) is 0. The largest absolute Gasteiger partial charge is 0.756 e. The van der Waals surface area contributed by atoms with Crippen LogP contribution in [0, 0.1) is 0 Å². The third-order valence-electron chi connectivity index (χ3n) is 9.61. The van der Waals surface area contributed by atoms with E-state index in [0.717, 1.165) is 57.8 Å². The van der Waals surface area contributed by atoms with E-state index in [2.05, 4.69) is 32.1 Å². The molecule has 0 radical (unpaired) electrons. The van der Waals surface area contributed by atoms with Crippen molar-refractivity contribution in [2.24, 2.45) is 0 Å². The van der Waals surface area contributed by atoms with Gasteiger partial charge in [0.25, 0.3) is 7.82 Å². The summed E-state index contributed by atoms with van der Waals surface area (Å²) in [6.45, 7) is 4.03. The number of ketones is 1. The van der Waals surface area contributed by atoms with Gasteiger partial charge in [0.1, 0.15) is 19.8 Å². The Hall–Kier alpha value is -2.10. The summed E-state index contributed by atoms with van der Waals surface area (Å²) in [5, 5.41) is 0. The Morgan fingerprint density at radius 1 is 0.579 bits per heavy atom. The number of rotatable bonds is 41. The van der Waals surface area contributed by atoms with E-state index >= 15 is 0 Å². The van der Waals surface area contributed by atoms with Gasteiger partial charge in [0, 0.05) is 19.3 Å². The Balaban J connectivity index is 4.42. The molecule has 2 atom stereocenters. The average molecular weight is 826 g/mol. The van der Waals surface area contributed by atoms with Crippen LogP contribution in [-0.2, 0) is 37.5 Å². The molecular weight excluding hydrogens is 741 g/mol. The summed E-state index contributed by atoms with van der Waals surface area (Å²) in [7, 11) is 1.09. The lowest BCUT2D eigenvalue weighted by molar-refractivity contribution is -0.870. The summed E-state index contributed by atoms with van der Waals surface area (Å²) in [6.07, 6.45) is 38.4. The number of hydrogen-bond acceptors (Lipinski definition) is 9. The van der Waals surface area contributed by atoms with Crippen LogP contribution in [0.25, 0.3) is 0 Å². The van der Waals surface area contributed by atoms with E-state index in [1.165, 1.54) is 83.5 Å². The number of allylic oxidation sites excluding steroid dienone is 6. The highest BCUT2D eigenvalue weighted by Crippen LogP contribution is 2.38. The van der Waals surface area contributed by atoms with E-state index in [1.807, 2.05) is 33.3 Å². The zero-order chi connectivity index (χ0) is 42.3. The average Bonchev–Trinajstić information content (AvgIpc) is 3.15. The number of unbranched alkanes of at least 4 members (excludes halogenated alkanes) is 20. The molecule has 0 aliphatic heterocycles. The second kappa shape index (κ2) is 38.1. The Labute approximate surface area is 348 Å². The number of phosphoric ester groups is 1. The van der Waals surface area contributed by atoms with Gasteiger partial charge in [-0.25, -0.2) is 0 Å². The summed E-state index contributed by atoms with van der Waals surface area (Å²) < 4.78 is 33.8. The van der Waals surface area contributed by atoms with Crippen molar-refractivity contribution in [3.63, 3.8) is 0 Å². The molecule has 0 heterocycles. The third-order valence-corrected chi connectivity index (χ3v) is 10.6. The molecule has 1 unspecified atom stereocenters. The molecule has 0 saturated carbocycles. The first kappa shape index (κ1) is 54.9. The van der Waals surface area contributed by atoms with Gasteiger partial charge in [-0.3, -0.25) is 18.9 Å². The van der Waals surface area contributed by atoms with E-state index in [0.29, 0.717) is 30.3 Å². The molecule has 0 aliphatic rings. The number of quaternary nitrogens is 1. The van der Waals surface area contributed by atoms with Crippen LogP contribution >= 0.6 is 7.82 Å². The van der Waals surface area contributed by atoms with Gasteiger partial charge >= 0.3 is 11.9 Å². The number of phosphoric acid groups is 1. The van der Waals surface area contributed by atoms with Crippen molar-refractivity contribution in [1.82, 2.24) is 0 Å². The second-order valence-electron chi connectivity index (χ2n) is 16.4. The minimum absolute atomic E-state index is 0.0513. The van der Waals surface area contributed by atoms with Crippen molar-refractivity contribution in [3.05, 3.63) is 36.5 Å². The maximum Gasteiger partial charge on any atom is 0.306 e. The minimum Gasteiger partial charge on any atom is -0.756 e. The topological polar surface area (TPSA) is 128 Å². The van der Waals surface area contributed by atoms with Crippen LogP contribution in [0.5, 0.6) is 0 Å². The Morgan fingerprint density at radius 2 is 1.05 bits per heavy atom. The molecule has 0 aromatic rings. The summed E-state index contributed by atoms with van der Waals surface area (Å²) >= 11 is 0. The highest BCUT2D eigenvalue weighted by atomic mass is 31.2. The lowest BCUT2D eigenvalue weighted by Gasteiger charge is -2.28. The van der Waals surface area contributed by atoms with Crippen molar-refractivity contribution < 1.29 is 46.8 Å². The fraction of sp³-hybridized carbons (Fsp3) is 0.804. The van der Waals surface area contributed by atoms with Gasteiger partial charge in [0.2, 0.25) is 0 Å². The standard InChI is InChI=1S/C46H84NO9P/c1-6-8-10-12-14-15-16-17-18-19-20-21-22-23-25-29-34-38-46(50)56-44(42-55-57(51,52)54-40-39-47(3,4)5)41-53-45(49)37-33-30-26-28-32-36-43(48)35-31-27-24-13-11-9-7-2/h17-18,24,27,31,35,44H,6-16,19-23,25-26,28-30,32-34,36-42H2,1-5H3/b18-17-,27-24-,35-31+/t44-/m1/s1. The lowest BCUT2D eigenvalue weighted by atomic mass is 10.1. The number of hydrogen-bond donors (Lipinski definition) is 0. The summed E-state index contributed by atoms with van der Waals surface area (Å²) in [5.41, 5.74) is 0. The Kier molecular flexibility index (Phi) is 36.7. The molecule has 0 rings (SSSR count). The molecule has 0 bridgehead atoms. The van der Waals surface area contributed by atoms with Gasteiger partial charge in [0.05, 0.1) is 27.7 Å². The molecule has 0 saturated heterocycles. The normalized spacial score (nSPS) is 13.8. The van der Waals surface area contributed by atoms with Gasteiger partial charge in [-0.15, -0.1) is 0 Å². The van der Waals surface area contributed by atoms with Crippen LogP contribution in [0.2, 0.25) is 0 Å². The SMILES string of the molecule is CCCCC/C=C\C=C\C(=O)CCCCCCCC(=O)OC[C@H](COP(=O)([O-])OCC[N+](C)(C)C)OC(=O)CCCCCCCCC/C=C\CCCCCCCC.